The number of hydrogen-bond acceptors (Lipinski definition) is 3. The SMILES string of the molecule is CCCCN(CC)CCC(O)c1ccc(Cl)s1. The highest BCUT2D eigenvalue weighted by molar-refractivity contribution is 7.16. The molecule has 98 valence electrons. The molecule has 0 amide bonds. The zero-order valence-electron chi connectivity index (χ0n) is 10.7. The topological polar surface area (TPSA) is 23.5 Å². The number of thiophene rings is 1. The summed E-state index contributed by atoms with van der Waals surface area (Å²) in [6, 6.07) is 3.76. The molecule has 1 N–H and O–H groups in total. The molecule has 1 unspecified atom stereocenters. The number of aliphatic hydroxyl groups excluding tert-OH is 1. The molecular weight excluding hydrogens is 254 g/mol. The second kappa shape index (κ2) is 8.09. The van der Waals surface area contributed by atoms with Crippen LogP contribution in [0, 0.1) is 0 Å². The van der Waals surface area contributed by atoms with E-state index in [0.29, 0.717) is 0 Å². The van der Waals surface area contributed by atoms with Crippen molar-refractivity contribution >= 4 is 22.9 Å². The highest BCUT2D eigenvalue weighted by Crippen LogP contribution is 2.28. The van der Waals surface area contributed by atoms with Crippen molar-refractivity contribution in [2.24, 2.45) is 0 Å². The van der Waals surface area contributed by atoms with Crippen molar-refractivity contribution in [3.8, 4) is 0 Å². The van der Waals surface area contributed by atoms with Crippen molar-refractivity contribution in [3.05, 3.63) is 21.3 Å². The number of halogens is 1. The second-order valence-electron chi connectivity index (χ2n) is 4.23. The first-order valence-electron chi connectivity index (χ1n) is 6.33. The highest BCUT2D eigenvalue weighted by Gasteiger charge is 2.11. The summed E-state index contributed by atoms with van der Waals surface area (Å²) in [5.74, 6) is 0. The molecule has 0 bridgehead atoms. The summed E-state index contributed by atoms with van der Waals surface area (Å²) < 4.78 is 0.748. The van der Waals surface area contributed by atoms with Crippen molar-refractivity contribution in [2.45, 2.75) is 39.2 Å². The third-order valence-electron chi connectivity index (χ3n) is 2.92. The zero-order valence-corrected chi connectivity index (χ0v) is 12.2. The highest BCUT2D eigenvalue weighted by atomic mass is 35.5. The van der Waals surface area contributed by atoms with Gasteiger partial charge in [0.1, 0.15) is 0 Å². The first kappa shape index (κ1) is 15.0. The van der Waals surface area contributed by atoms with Gasteiger partial charge in [-0.3, -0.25) is 0 Å². The molecule has 0 spiro atoms. The fourth-order valence-corrected chi connectivity index (χ4v) is 2.85. The molecule has 2 nitrogen and oxygen atoms in total. The molecule has 1 rings (SSSR count). The van der Waals surface area contributed by atoms with E-state index >= 15 is 0 Å². The van der Waals surface area contributed by atoms with Crippen LogP contribution in [0.2, 0.25) is 4.34 Å². The molecule has 0 fully saturated rings. The molecular formula is C13H22ClNOS. The predicted octanol–water partition coefficient (Wildman–Crippen LogP) is 3.95. The first-order valence-corrected chi connectivity index (χ1v) is 7.52. The summed E-state index contributed by atoms with van der Waals surface area (Å²) in [4.78, 5) is 3.36. The van der Waals surface area contributed by atoms with Gasteiger partial charge in [-0.25, -0.2) is 0 Å². The summed E-state index contributed by atoms with van der Waals surface area (Å²) >= 11 is 7.33. The largest absolute Gasteiger partial charge is 0.388 e. The van der Waals surface area contributed by atoms with E-state index in [2.05, 4.69) is 18.7 Å². The lowest BCUT2D eigenvalue weighted by Gasteiger charge is -2.21. The van der Waals surface area contributed by atoms with Crippen LogP contribution >= 0.6 is 22.9 Å². The van der Waals surface area contributed by atoms with Crippen LogP contribution in [0.4, 0.5) is 0 Å². The Morgan fingerprint density at radius 2 is 2.12 bits per heavy atom. The average molecular weight is 276 g/mol. The van der Waals surface area contributed by atoms with E-state index < -0.39 is 0 Å². The molecule has 1 atom stereocenters. The van der Waals surface area contributed by atoms with Gasteiger partial charge in [0, 0.05) is 11.4 Å². The fourth-order valence-electron chi connectivity index (χ4n) is 1.76. The molecule has 17 heavy (non-hydrogen) atoms. The monoisotopic (exact) mass is 275 g/mol. The van der Waals surface area contributed by atoms with Gasteiger partial charge in [0.05, 0.1) is 10.4 Å². The van der Waals surface area contributed by atoms with Gasteiger partial charge < -0.3 is 10.0 Å². The lowest BCUT2D eigenvalue weighted by molar-refractivity contribution is 0.146. The molecule has 0 saturated carbocycles. The van der Waals surface area contributed by atoms with Gasteiger partial charge >= 0.3 is 0 Å². The van der Waals surface area contributed by atoms with Gasteiger partial charge in [0.25, 0.3) is 0 Å². The van der Waals surface area contributed by atoms with E-state index in [9.17, 15) is 5.11 Å². The quantitative estimate of drug-likeness (QED) is 0.777. The lowest BCUT2D eigenvalue weighted by Crippen LogP contribution is -2.26. The molecule has 0 aliphatic rings. The standard InChI is InChI=1S/C13H22ClNOS/c1-3-5-9-15(4-2)10-8-11(16)12-6-7-13(14)17-12/h6-7,11,16H,3-5,8-10H2,1-2H3. The summed E-state index contributed by atoms with van der Waals surface area (Å²) in [7, 11) is 0. The maximum absolute atomic E-state index is 10.0. The van der Waals surface area contributed by atoms with Gasteiger partial charge in [-0.1, -0.05) is 31.9 Å². The van der Waals surface area contributed by atoms with Crippen molar-refractivity contribution in [1.82, 2.24) is 4.90 Å². The predicted molar refractivity (Wildman–Crippen MR) is 75.9 cm³/mol. The Kier molecular flexibility index (Phi) is 7.12. The number of aliphatic hydroxyl groups is 1. The Hall–Kier alpha value is -0.0900. The van der Waals surface area contributed by atoms with E-state index in [-0.39, 0.29) is 6.10 Å². The lowest BCUT2D eigenvalue weighted by atomic mass is 10.2. The van der Waals surface area contributed by atoms with Gasteiger partial charge in [-0.05, 0) is 38.1 Å². The van der Waals surface area contributed by atoms with Crippen LogP contribution in [-0.2, 0) is 0 Å². The van der Waals surface area contributed by atoms with Gasteiger partial charge in [-0.2, -0.15) is 0 Å². The minimum atomic E-state index is -0.372. The number of nitrogens with zero attached hydrogens (tertiary/aromatic N) is 1. The Balaban J connectivity index is 2.33. The molecule has 0 aliphatic heterocycles. The van der Waals surface area contributed by atoms with Crippen molar-refractivity contribution in [1.29, 1.82) is 0 Å². The maximum Gasteiger partial charge on any atom is 0.0932 e. The number of hydrogen-bond donors (Lipinski definition) is 1. The van der Waals surface area contributed by atoms with Crippen LogP contribution in [0.25, 0.3) is 0 Å². The summed E-state index contributed by atoms with van der Waals surface area (Å²) in [5, 5.41) is 10.0. The Morgan fingerprint density at radius 1 is 1.35 bits per heavy atom. The van der Waals surface area contributed by atoms with Crippen LogP contribution in [0.1, 0.15) is 44.1 Å². The van der Waals surface area contributed by atoms with Crippen molar-refractivity contribution in [2.75, 3.05) is 19.6 Å². The van der Waals surface area contributed by atoms with Crippen LogP contribution < -0.4 is 0 Å². The minimum Gasteiger partial charge on any atom is -0.388 e. The zero-order chi connectivity index (χ0) is 12.7. The number of unbranched alkanes of at least 4 members (excludes halogenated alkanes) is 1. The third-order valence-corrected chi connectivity index (χ3v) is 4.25. The van der Waals surface area contributed by atoms with Crippen LogP contribution in [0.3, 0.4) is 0 Å². The van der Waals surface area contributed by atoms with Crippen molar-refractivity contribution in [3.63, 3.8) is 0 Å². The Labute approximate surface area is 113 Å². The van der Waals surface area contributed by atoms with Crippen LogP contribution in [0.5, 0.6) is 0 Å². The number of rotatable bonds is 8. The normalized spacial score (nSPS) is 13.2. The van der Waals surface area contributed by atoms with Gasteiger partial charge in [0.2, 0.25) is 0 Å². The Morgan fingerprint density at radius 3 is 2.65 bits per heavy atom. The van der Waals surface area contributed by atoms with E-state index in [0.717, 1.165) is 35.3 Å². The summed E-state index contributed by atoms with van der Waals surface area (Å²) in [6.07, 6.45) is 2.87. The minimum absolute atomic E-state index is 0.372. The third kappa shape index (κ3) is 5.38. The fraction of sp³-hybridized carbons (Fsp3) is 0.692. The molecule has 1 aromatic heterocycles. The van der Waals surface area contributed by atoms with E-state index in [1.165, 1.54) is 24.2 Å². The molecule has 0 aliphatic carbocycles. The summed E-state index contributed by atoms with van der Waals surface area (Å²) in [5.41, 5.74) is 0. The molecule has 0 aromatic carbocycles. The first-order chi connectivity index (χ1) is 8.17. The Bertz CT molecular complexity index is 316. The molecule has 0 saturated heterocycles. The summed E-state index contributed by atoms with van der Waals surface area (Å²) in [6.45, 7) is 7.51. The van der Waals surface area contributed by atoms with Crippen molar-refractivity contribution < 1.29 is 5.11 Å². The maximum atomic E-state index is 10.0. The van der Waals surface area contributed by atoms with Crippen LogP contribution in [-0.4, -0.2) is 29.6 Å². The van der Waals surface area contributed by atoms with Crippen LogP contribution in [0.15, 0.2) is 12.1 Å². The second-order valence-corrected chi connectivity index (χ2v) is 5.98. The van der Waals surface area contributed by atoms with E-state index in [1.54, 1.807) is 0 Å². The van der Waals surface area contributed by atoms with Gasteiger partial charge in [-0.15, -0.1) is 11.3 Å². The van der Waals surface area contributed by atoms with Gasteiger partial charge in [0.15, 0.2) is 0 Å². The molecule has 1 aromatic rings. The smallest absolute Gasteiger partial charge is 0.0932 e. The molecule has 1 heterocycles. The molecule has 4 heteroatoms. The van der Waals surface area contributed by atoms with E-state index in [4.69, 9.17) is 11.6 Å². The van der Waals surface area contributed by atoms with E-state index in [1.807, 2.05) is 12.1 Å². The average Bonchev–Trinajstić information content (AvgIpc) is 2.76. The molecule has 0 radical (unpaired) electrons.